The molecular formula is C15H27NO6. The Morgan fingerprint density at radius 3 is 2.41 bits per heavy atom. The minimum Gasteiger partial charge on any atom is -0.466 e. The maximum atomic E-state index is 12.2. The number of rotatable bonds is 4. The first kappa shape index (κ1) is 18.7. The van der Waals surface area contributed by atoms with Gasteiger partial charge in [0.2, 0.25) is 0 Å². The Kier molecular flexibility index (Phi) is 6.62. The van der Waals surface area contributed by atoms with Crippen LogP contribution in [0.25, 0.3) is 0 Å². The van der Waals surface area contributed by atoms with Crippen molar-refractivity contribution < 1.29 is 28.9 Å². The summed E-state index contributed by atoms with van der Waals surface area (Å²) in [5.41, 5.74) is -0.622. The molecular weight excluding hydrogens is 290 g/mol. The van der Waals surface area contributed by atoms with E-state index in [9.17, 15) is 14.7 Å². The molecule has 0 unspecified atom stereocenters. The van der Waals surface area contributed by atoms with Crippen molar-refractivity contribution >= 4 is 12.1 Å². The quantitative estimate of drug-likeness (QED) is 0.780. The largest absolute Gasteiger partial charge is 0.466 e. The fraction of sp³-hybridized carbons (Fsp3) is 0.867. The highest BCUT2D eigenvalue weighted by atomic mass is 16.6. The zero-order valence-corrected chi connectivity index (χ0v) is 14.0. The molecule has 0 aliphatic carbocycles. The Bertz CT molecular complexity index is 392. The van der Waals surface area contributed by atoms with Crippen molar-refractivity contribution in [2.45, 2.75) is 39.4 Å². The topological polar surface area (TPSA) is 85.3 Å². The molecule has 1 aliphatic rings. The monoisotopic (exact) mass is 317 g/mol. The van der Waals surface area contributed by atoms with Gasteiger partial charge in [0.25, 0.3) is 0 Å². The minimum absolute atomic E-state index is 0.0785. The highest BCUT2D eigenvalue weighted by molar-refractivity contribution is 5.75. The number of methoxy groups -OCH3 is 1. The average molecular weight is 317 g/mol. The molecule has 128 valence electrons. The molecule has 0 aromatic carbocycles. The molecule has 1 heterocycles. The van der Waals surface area contributed by atoms with E-state index in [0.717, 1.165) is 0 Å². The van der Waals surface area contributed by atoms with Crippen LogP contribution < -0.4 is 0 Å². The molecule has 0 radical (unpaired) electrons. The van der Waals surface area contributed by atoms with Gasteiger partial charge in [0.05, 0.1) is 19.3 Å². The van der Waals surface area contributed by atoms with Crippen molar-refractivity contribution in [2.75, 3.05) is 33.4 Å². The van der Waals surface area contributed by atoms with Crippen LogP contribution in [-0.4, -0.2) is 67.2 Å². The third-order valence-electron chi connectivity index (χ3n) is 3.39. The summed E-state index contributed by atoms with van der Waals surface area (Å²) >= 11 is 0. The van der Waals surface area contributed by atoms with Crippen molar-refractivity contribution in [3.05, 3.63) is 0 Å². The second kappa shape index (κ2) is 7.78. The number of esters is 1. The maximum absolute atomic E-state index is 12.2. The van der Waals surface area contributed by atoms with Crippen LogP contribution in [0.15, 0.2) is 0 Å². The zero-order valence-electron chi connectivity index (χ0n) is 14.0. The van der Waals surface area contributed by atoms with E-state index >= 15 is 0 Å². The summed E-state index contributed by atoms with van der Waals surface area (Å²) in [6.07, 6.45) is -1.41. The molecule has 1 N–H and O–H groups in total. The number of nitrogens with zero attached hydrogens (tertiary/aromatic N) is 1. The molecule has 0 spiro atoms. The highest BCUT2D eigenvalue weighted by Crippen LogP contribution is 2.25. The fourth-order valence-electron chi connectivity index (χ4n) is 2.44. The number of hydrogen-bond acceptors (Lipinski definition) is 6. The number of piperidine rings is 1. The Morgan fingerprint density at radius 1 is 1.27 bits per heavy atom. The average Bonchev–Trinajstić information content (AvgIpc) is 2.39. The van der Waals surface area contributed by atoms with Crippen molar-refractivity contribution in [3.8, 4) is 0 Å². The van der Waals surface area contributed by atoms with Gasteiger partial charge in [0, 0.05) is 26.1 Å². The third kappa shape index (κ3) is 5.14. The van der Waals surface area contributed by atoms with Crippen LogP contribution in [0.3, 0.4) is 0 Å². The summed E-state index contributed by atoms with van der Waals surface area (Å²) in [6.45, 7) is 7.86. The smallest absolute Gasteiger partial charge is 0.410 e. The normalized spacial score (nSPS) is 25.7. The van der Waals surface area contributed by atoms with E-state index in [2.05, 4.69) is 0 Å². The van der Waals surface area contributed by atoms with Crippen LogP contribution >= 0.6 is 0 Å². The first-order chi connectivity index (χ1) is 10.2. The number of aliphatic hydroxyl groups is 1. The number of aliphatic hydroxyl groups excluding tert-OH is 1. The standard InChI is InChI=1S/C15H27NO6/c1-6-21-13(18)11-8-16(14(19)22-15(2,3)4)7-10(9-20-5)12(11)17/h10-12,17H,6-9H2,1-5H3/t10-,11+,12-/m1/s1. The fourth-order valence-corrected chi connectivity index (χ4v) is 2.44. The molecule has 7 heteroatoms. The summed E-state index contributed by atoms with van der Waals surface area (Å²) in [5, 5.41) is 10.3. The number of ether oxygens (including phenoxy) is 3. The molecule has 0 saturated carbocycles. The molecule has 0 bridgehead atoms. The number of carbonyl (C=O) groups excluding carboxylic acids is 2. The Morgan fingerprint density at radius 2 is 1.91 bits per heavy atom. The molecule has 0 aromatic rings. The maximum Gasteiger partial charge on any atom is 0.410 e. The summed E-state index contributed by atoms with van der Waals surface area (Å²) in [6, 6.07) is 0. The second-order valence-corrected chi connectivity index (χ2v) is 6.45. The molecule has 1 amide bonds. The second-order valence-electron chi connectivity index (χ2n) is 6.45. The van der Waals surface area contributed by atoms with E-state index in [4.69, 9.17) is 14.2 Å². The molecule has 1 aliphatic heterocycles. The van der Waals surface area contributed by atoms with Gasteiger partial charge in [-0.05, 0) is 27.7 Å². The number of carbonyl (C=O) groups is 2. The van der Waals surface area contributed by atoms with Gasteiger partial charge in [-0.25, -0.2) is 4.79 Å². The van der Waals surface area contributed by atoms with Crippen LogP contribution in [0.4, 0.5) is 4.79 Å². The Labute approximate surface area is 131 Å². The first-order valence-electron chi connectivity index (χ1n) is 7.51. The molecule has 1 rings (SSSR count). The van der Waals surface area contributed by atoms with Crippen LogP contribution in [0.2, 0.25) is 0 Å². The molecule has 1 fully saturated rings. The van der Waals surface area contributed by atoms with Gasteiger partial charge in [-0.2, -0.15) is 0 Å². The van der Waals surface area contributed by atoms with Crippen LogP contribution in [0.5, 0.6) is 0 Å². The predicted molar refractivity (Wildman–Crippen MR) is 79.3 cm³/mol. The lowest BCUT2D eigenvalue weighted by molar-refractivity contribution is -0.158. The zero-order chi connectivity index (χ0) is 16.9. The van der Waals surface area contributed by atoms with E-state index in [1.165, 1.54) is 12.0 Å². The molecule has 1 saturated heterocycles. The summed E-state index contributed by atoms with van der Waals surface area (Å²) < 4.78 is 15.4. The van der Waals surface area contributed by atoms with Crippen molar-refractivity contribution in [1.29, 1.82) is 0 Å². The molecule has 0 aromatic heterocycles. The number of likely N-dealkylation sites (tertiary alicyclic amines) is 1. The third-order valence-corrected chi connectivity index (χ3v) is 3.39. The SMILES string of the molecule is CCOC(=O)[C@H]1CN(C(=O)OC(C)(C)C)C[C@H](COC)[C@H]1O. The predicted octanol–water partition coefficient (Wildman–Crippen LogP) is 1.04. The molecule has 3 atom stereocenters. The van der Waals surface area contributed by atoms with Crippen molar-refractivity contribution in [1.82, 2.24) is 4.90 Å². The van der Waals surface area contributed by atoms with E-state index in [-0.39, 0.29) is 32.2 Å². The summed E-state index contributed by atoms with van der Waals surface area (Å²) in [7, 11) is 1.51. The molecule has 7 nitrogen and oxygen atoms in total. The lowest BCUT2D eigenvalue weighted by Crippen LogP contribution is -2.55. The van der Waals surface area contributed by atoms with Crippen LogP contribution in [-0.2, 0) is 19.0 Å². The van der Waals surface area contributed by atoms with E-state index in [0.29, 0.717) is 0 Å². The Hall–Kier alpha value is -1.34. The number of amides is 1. The van der Waals surface area contributed by atoms with Gasteiger partial charge < -0.3 is 24.2 Å². The van der Waals surface area contributed by atoms with Gasteiger partial charge in [-0.3, -0.25) is 4.79 Å². The molecule has 22 heavy (non-hydrogen) atoms. The number of hydrogen-bond donors (Lipinski definition) is 1. The van der Waals surface area contributed by atoms with E-state index < -0.39 is 29.7 Å². The summed E-state index contributed by atoms with van der Waals surface area (Å²) in [5.74, 6) is -1.66. The van der Waals surface area contributed by atoms with E-state index in [1.54, 1.807) is 27.7 Å². The van der Waals surface area contributed by atoms with Gasteiger partial charge >= 0.3 is 12.1 Å². The Balaban J connectivity index is 2.86. The van der Waals surface area contributed by atoms with Gasteiger partial charge in [0.15, 0.2) is 0 Å². The minimum atomic E-state index is -0.905. The lowest BCUT2D eigenvalue weighted by Gasteiger charge is -2.40. The van der Waals surface area contributed by atoms with E-state index in [1.807, 2.05) is 0 Å². The highest BCUT2D eigenvalue weighted by Gasteiger charge is 2.43. The lowest BCUT2D eigenvalue weighted by atomic mass is 9.86. The van der Waals surface area contributed by atoms with Gasteiger partial charge in [-0.15, -0.1) is 0 Å². The van der Waals surface area contributed by atoms with Crippen molar-refractivity contribution in [3.63, 3.8) is 0 Å². The first-order valence-corrected chi connectivity index (χ1v) is 7.51. The van der Waals surface area contributed by atoms with Crippen LogP contribution in [0, 0.1) is 11.8 Å². The van der Waals surface area contributed by atoms with Crippen LogP contribution in [0.1, 0.15) is 27.7 Å². The van der Waals surface area contributed by atoms with Gasteiger partial charge in [0.1, 0.15) is 11.5 Å². The van der Waals surface area contributed by atoms with Gasteiger partial charge in [-0.1, -0.05) is 0 Å². The van der Waals surface area contributed by atoms with Crippen molar-refractivity contribution in [2.24, 2.45) is 11.8 Å². The summed E-state index contributed by atoms with van der Waals surface area (Å²) in [4.78, 5) is 25.7.